The number of non-ortho nitro benzene ring substituents is 1. The minimum absolute atomic E-state index is 0.195. The van der Waals surface area contributed by atoms with Gasteiger partial charge in [0.05, 0.1) is 11.0 Å². The van der Waals surface area contributed by atoms with Crippen molar-refractivity contribution in [3.8, 4) is 0 Å². The zero-order valence-electron chi connectivity index (χ0n) is 9.70. The number of nitrogens with zero attached hydrogens (tertiary/aromatic N) is 1. The number of hydrogen-bond donors (Lipinski definition) is 1. The van der Waals surface area contributed by atoms with Crippen LogP contribution in [0.2, 0.25) is 0 Å². The molecule has 0 heterocycles. The molecule has 92 valence electrons. The summed E-state index contributed by atoms with van der Waals surface area (Å²) in [6.45, 7) is 3.53. The highest BCUT2D eigenvalue weighted by molar-refractivity contribution is 5.35. The molecule has 1 saturated carbocycles. The van der Waals surface area contributed by atoms with E-state index in [9.17, 15) is 14.5 Å². The zero-order valence-corrected chi connectivity index (χ0v) is 9.70. The molecule has 0 radical (unpaired) electrons. The Hall–Kier alpha value is -1.49. The monoisotopic (exact) mass is 238 g/mol. The second-order valence-corrected chi connectivity index (χ2v) is 4.99. The highest BCUT2D eigenvalue weighted by Gasteiger charge is 2.36. The van der Waals surface area contributed by atoms with Crippen molar-refractivity contribution in [3.63, 3.8) is 0 Å². The number of hydrogen-bond acceptors (Lipinski definition) is 3. The molecule has 1 aliphatic rings. The molecule has 0 amide bonds. The fourth-order valence-corrected chi connectivity index (χ4v) is 1.74. The summed E-state index contributed by atoms with van der Waals surface area (Å²) >= 11 is 0. The molecule has 0 saturated heterocycles. The van der Waals surface area contributed by atoms with E-state index in [2.05, 4.69) is 12.2 Å². The van der Waals surface area contributed by atoms with Crippen LogP contribution in [0.3, 0.4) is 0 Å². The van der Waals surface area contributed by atoms with Crippen molar-refractivity contribution < 1.29 is 9.31 Å². The van der Waals surface area contributed by atoms with Crippen molar-refractivity contribution in [3.05, 3.63) is 39.7 Å². The van der Waals surface area contributed by atoms with Crippen molar-refractivity contribution in [2.75, 3.05) is 6.54 Å². The molecule has 1 aromatic carbocycles. The standard InChI is InChI=1S/C12H15FN2O2/c1-12(2-3-12)8-14-7-9-4-10(13)6-11(5-9)15(16)17/h4-6,14H,2-3,7-8H2,1H3. The predicted molar refractivity (Wildman–Crippen MR) is 62.1 cm³/mol. The summed E-state index contributed by atoms with van der Waals surface area (Å²) in [5.74, 6) is -0.561. The van der Waals surface area contributed by atoms with Gasteiger partial charge in [0.15, 0.2) is 0 Å². The first-order valence-corrected chi connectivity index (χ1v) is 5.63. The van der Waals surface area contributed by atoms with Gasteiger partial charge in [-0.25, -0.2) is 4.39 Å². The van der Waals surface area contributed by atoms with Crippen LogP contribution in [0.1, 0.15) is 25.3 Å². The number of rotatable bonds is 5. The Morgan fingerprint density at radius 3 is 2.76 bits per heavy atom. The molecule has 1 fully saturated rings. The first-order chi connectivity index (χ1) is 7.98. The maximum absolute atomic E-state index is 13.1. The van der Waals surface area contributed by atoms with Crippen LogP contribution in [0, 0.1) is 21.3 Å². The van der Waals surface area contributed by atoms with Crippen molar-refractivity contribution in [1.82, 2.24) is 5.32 Å². The number of halogens is 1. The second kappa shape index (κ2) is 4.41. The average Bonchev–Trinajstić information content (AvgIpc) is 2.95. The van der Waals surface area contributed by atoms with Crippen LogP contribution < -0.4 is 5.32 Å². The Labute approximate surface area is 99.0 Å². The lowest BCUT2D eigenvalue weighted by molar-refractivity contribution is -0.385. The van der Waals surface area contributed by atoms with E-state index in [1.807, 2.05) is 0 Å². The van der Waals surface area contributed by atoms with Crippen LogP contribution in [0.25, 0.3) is 0 Å². The van der Waals surface area contributed by atoms with E-state index in [1.165, 1.54) is 25.0 Å². The Kier molecular flexibility index (Phi) is 3.11. The van der Waals surface area contributed by atoms with Crippen molar-refractivity contribution in [2.45, 2.75) is 26.3 Å². The molecule has 0 spiro atoms. The molecule has 0 aliphatic heterocycles. The minimum atomic E-state index is -0.575. The van der Waals surface area contributed by atoms with Crippen molar-refractivity contribution in [1.29, 1.82) is 0 Å². The molecule has 4 nitrogen and oxygen atoms in total. The third-order valence-corrected chi connectivity index (χ3v) is 3.14. The summed E-state index contributed by atoms with van der Waals surface area (Å²) in [7, 11) is 0. The molecule has 0 bridgehead atoms. The SMILES string of the molecule is CC1(CNCc2cc(F)cc([N+](=O)[O-])c2)CC1. The zero-order chi connectivity index (χ0) is 12.5. The lowest BCUT2D eigenvalue weighted by Crippen LogP contribution is -2.21. The van der Waals surface area contributed by atoms with Crippen molar-refractivity contribution >= 4 is 5.69 Å². The molecule has 1 N–H and O–H groups in total. The molecular formula is C12H15FN2O2. The third-order valence-electron chi connectivity index (χ3n) is 3.14. The van der Waals surface area contributed by atoms with Gasteiger partial charge < -0.3 is 5.32 Å². The molecule has 0 unspecified atom stereocenters. The number of nitrogens with one attached hydrogen (secondary N) is 1. The summed E-state index contributed by atoms with van der Waals surface area (Å²) in [5, 5.41) is 13.8. The van der Waals surface area contributed by atoms with Crippen LogP contribution in [0.15, 0.2) is 18.2 Å². The Balaban J connectivity index is 1.97. The van der Waals surface area contributed by atoms with E-state index in [0.29, 0.717) is 17.5 Å². The largest absolute Gasteiger partial charge is 0.312 e. The summed E-state index contributed by atoms with van der Waals surface area (Å²) < 4.78 is 13.1. The fraction of sp³-hybridized carbons (Fsp3) is 0.500. The van der Waals surface area contributed by atoms with Gasteiger partial charge in [0.2, 0.25) is 0 Å². The highest BCUT2D eigenvalue weighted by atomic mass is 19.1. The van der Waals surface area contributed by atoms with Gasteiger partial charge >= 0.3 is 0 Å². The fourth-order valence-electron chi connectivity index (χ4n) is 1.74. The van der Waals surface area contributed by atoms with E-state index < -0.39 is 10.7 Å². The average molecular weight is 238 g/mol. The van der Waals surface area contributed by atoms with Crippen LogP contribution >= 0.6 is 0 Å². The molecular weight excluding hydrogens is 223 g/mol. The Bertz CT molecular complexity index is 444. The Morgan fingerprint density at radius 2 is 2.18 bits per heavy atom. The van der Waals surface area contributed by atoms with Gasteiger partial charge in [0.25, 0.3) is 5.69 Å². The van der Waals surface area contributed by atoms with Crippen LogP contribution in [0.4, 0.5) is 10.1 Å². The van der Waals surface area contributed by atoms with E-state index >= 15 is 0 Å². The summed E-state index contributed by atoms with van der Waals surface area (Å²) in [6, 6.07) is 3.67. The minimum Gasteiger partial charge on any atom is -0.312 e. The molecule has 0 aromatic heterocycles. The smallest absolute Gasteiger partial charge is 0.272 e. The van der Waals surface area contributed by atoms with Gasteiger partial charge in [0, 0.05) is 19.2 Å². The predicted octanol–water partition coefficient (Wildman–Crippen LogP) is 2.62. The van der Waals surface area contributed by atoms with Crippen LogP contribution in [-0.2, 0) is 6.54 Å². The lowest BCUT2D eigenvalue weighted by Gasteiger charge is -2.09. The van der Waals surface area contributed by atoms with Crippen LogP contribution in [-0.4, -0.2) is 11.5 Å². The third kappa shape index (κ3) is 3.23. The van der Waals surface area contributed by atoms with Gasteiger partial charge in [-0.1, -0.05) is 6.92 Å². The van der Waals surface area contributed by atoms with Gasteiger partial charge in [-0.05, 0) is 29.9 Å². The summed E-state index contributed by atoms with van der Waals surface area (Å²) in [4.78, 5) is 9.99. The molecule has 5 heteroatoms. The second-order valence-electron chi connectivity index (χ2n) is 4.99. The topological polar surface area (TPSA) is 55.2 Å². The first kappa shape index (κ1) is 12.0. The van der Waals surface area contributed by atoms with Crippen LogP contribution in [0.5, 0.6) is 0 Å². The number of nitro benzene ring substituents is 1. The van der Waals surface area contributed by atoms with E-state index in [-0.39, 0.29) is 5.69 Å². The van der Waals surface area contributed by atoms with Gasteiger partial charge in [-0.3, -0.25) is 10.1 Å². The van der Waals surface area contributed by atoms with Gasteiger partial charge in [0.1, 0.15) is 5.82 Å². The van der Waals surface area contributed by atoms with Gasteiger partial charge in [-0.2, -0.15) is 0 Å². The maximum Gasteiger partial charge on any atom is 0.272 e. The molecule has 0 atom stereocenters. The van der Waals surface area contributed by atoms with Gasteiger partial charge in [-0.15, -0.1) is 0 Å². The number of nitro groups is 1. The number of benzene rings is 1. The van der Waals surface area contributed by atoms with E-state index in [4.69, 9.17) is 0 Å². The summed E-state index contributed by atoms with van der Waals surface area (Å²) in [6.07, 6.45) is 2.42. The molecule has 17 heavy (non-hydrogen) atoms. The Morgan fingerprint density at radius 1 is 1.47 bits per heavy atom. The quantitative estimate of drug-likeness (QED) is 0.633. The molecule has 2 rings (SSSR count). The summed E-state index contributed by atoms with van der Waals surface area (Å²) in [5.41, 5.74) is 0.791. The lowest BCUT2D eigenvalue weighted by atomic mass is 10.1. The van der Waals surface area contributed by atoms with E-state index in [1.54, 1.807) is 0 Å². The van der Waals surface area contributed by atoms with E-state index in [0.717, 1.165) is 12.6 Å². The molecule has 1 aliphatic carbocycles. The molecule has 1 aromatic rings. The maximum atomic E-state index is 13.1. The highest BCUT2D eigenvalue weighted by Crippen LogP contribution is 2.44. The van der Waals surface area contributed by atoms with Crippen molar-refractivity contribution in [2.24, 2.45) is 5.41 Å². The normalized spacial score (nSPS) is 16.8. The first-order valence-electron chi connectivity index (χ1n) is 5.63.